The van der Waals surface area contributed by atoms with Gasteiger partial charge in [0, 0.05) is 0 Å². The van der Waals surface area contributed by atoms with Gasteiger partial charge in [0.2, 0.25) is 11.6 Å². The van der Waals surface area contributed by atoms with Gasteiger partial charge in [0.25, 0.3) is 12.3 Å². The highest BCUT2D eigenvalue weighted by molar-refractivity contribution is 7.18. The fourth-order valence-electron chi connectivity index (χ4n) is 2.57. The molecule has 3 N–H and O–H groups in total. The lowest BCUT2D eigenvalue weighted by molar-refractivity contribution is -0.386. The third kappa shape index (κ3) is 4.21. The van der Waals surface area contributed by atoms with Gasteiger partial charge in [0.05, 0.1) is 22.5 Å². The van der Waals surface area contributed by atoms with E-state index >= 15 is 0 Å². The van der Waals surface area contributed by atoms with E-state index in [-0.39, 0.29) is 26.7 Å². The third-order valence-electron chi connectivity index (χ3n) is 3.90. The van der Waals surface area contributed by atoms with Crippen molar-refractivity contribution in [3.8, 4) is 0 Å². The fraction of sp³-hybridized carbons (Fsp3) is 0.333. The Labute approximate surface area is 165 Å². The number of thiophene rings is 1. The Morgan fingerprint density at radius 3 is 2.45 bits per heavy atom. The molecule has 2 amide bonds. The summed E-state index contributed by atoms with van der Waals surface area (Å²) in [4.78, 5) is 45.9. The molecule has 0 unspecified atom stereocenters. The highest BCUT2D eigenvalue weighted by atomic mass is 32.1. The Kier molecular flexibility index (Phi) is 6.26. The van der Waals surface area contributed by atoms with Crippen LogP contribution < -0.4 is 11.1 Å². The molecular formula is C15H15F2N5O6S. The highest BCUT2D eigenvalue weighted by Gasteiger charge is 2.32. The number of nitrogens with zero attached hydrogens (tertiary/aromatic N) is 3. The van der Waals surface area contributed by atoms with E-state index in [1.54, 1.807) is 0 Å². The van der Waals surface area contributed by atoms with Crippen LogP contribution in [0.2, 0.25) is 0 Å². The summed E-state index contributed by atoms with van der Waals surface area (Å²) in [6.07, 6.45) is -3.21. The van der Waals surface area contributed by atoms with Crippen LogP contribution in [0.25, 0.3) is 0 Å². The number of rotatable bonds is 7. The van der Waals surface area contributed by atoms with E-state index < -0.39 is 47.1 Å². The first-order chi connectivity index (χ1) is 13.5. The molecule has 0 aromatic carbocycles. The van der Waals surface area contributed by atoms with E-state index in [1.165, 1.54) is 13.8 Å². The smallest absolute Gasteiger partial charge is 0.341 e. The zero-order valence-electron chi connectivity index (χ0n) is 15.3. The molecule has 0 aliphatic rings. The molecule has 0 fully saturated rings. The van der Waals surface area contributed by atoms with Crippen LogP contribution in [-0.4, -0.2) is 39.6 Å². The maximum Gasteiger partial charge on any atom is 0.341 e. The predicted molar refractivity (Wildman–Crippen MR) is 96.1 cm³/mol. The number of carbonyl (C=O) groups excluding carboxylic acids is 3. The number of anilines is 1. The molecule has 2 aromatic rings. The molecule has 0 atom stereocenters. The van der Waals surface area contributed by atoms with E-state index in [2.05, 4.69) is 15.2 Å². The predicted octanol–water partition coefficient (Wildman–Crippen LogP) is 1.93. The molecular weight excluding hydrogens is 416 g/mol. The Hall–Kier alpha value is -3.42. The van der Waals surface area contributed by atoms with Crippen LogP contribution in [0.3, 0.4) is 0 Å². The number of primary amides is 1. The zero-order chi connectivity index (χ0) is 22.0. The Morgan fingerprint density at radius 2 is 2.00 bits per heavy atom. The van der Waals surface area contributed by atoms with E-state index in [9.17, 15) is 33.3 Å². The van der Waals surface area contributed by atoms with Crippen molar-refractivity contribution >= 4 is 39.8 Å². The van der Waals surface area contributed by atoms with Gasteiger partial charge in [-0.3, -0.25) is 24.4 Å². The third-order valence-corrected chi connectivity index (χ3v) is 5.12. The van der Waals surface area contributed by atoms with Gasteiger partial charge in [-0.05, 0) is 19.4 Å². The summed E-state index contributed by atoms with van der Waals surface area (Å²) in [5.74, 6) is -2.47. The van der Waals surface area contributed by atoms with Crippen molar-refractivity contribution in [2.75, 3.05) is 12.4 Å². The maximum atomic E-state index is 13.0. The van der Waals surface area contributed by atoms with Crippen LogP contribution in [-0.2, 0) is 16.1 Å². The first-order valence-corrected chi connectivity index (χ1v) is 8.62. The standard InChI is InChI=1S/C15H15F2N5O6S/c1-5-8(15(25)28-3)14(29-11(5)13(18)24)19-7(23)4-21-6(2)10(22(26)27)9(20-21)12(16)17/h12H,4H2,1-3H3,(H2,18,24)(H,19,23). The number of carbonyl (C=O) groups is 3. The number of hydrogen-bond donors (Lipinski definition) is 2. The largest absolute Gasteiger partial charge is 0.465 e. The lowest BCUT2D eigenvalue weighted by atomic mass is 10.1. The fourth-order valence-corrected chi connectivity index (χ4v) is 3.64. The molecule has 0 saturated heterocycles. The van der Waals surface area contributed by atoms with Gasteiger partial charge < -0.3 is 15.8 Å². The SMILES string of the molecule is COC(=O)c1c(NC(=O)Cn2nc(C(F)F)c([N+](=O)[O-])c2C)sc(C(N)=O)c1C. The first kappa shape index (κ1) is 21.9. The number of nitrogens with two attached hydrogens (primary N) is 1. The number of hydrogen-bond acceptors (Lipinski definition) is 8. The molecule has 0 aliphatic carbocycles. The van der Waals surface area contributed by atoms with Crippen molar-refractivity contribution in [2.24, 2.45) is 5.73 Å². The van der Waals surface area contributed by atoms with E-state index in [0.29, 0.717) is 0 Å². The number of nitrogens with one attached hydrogen (secondary N) is 1. The van der Waals surface area contributed by atoms with Gasteiger partial charge in [-0.15, -0.1) is 11.3 Å². The molecule has 0 spiro atoms. The minimum atomic E-state index is -3.21. The number of esters is 1. The zero-order valence-corrected chi connectivity index (χ0v) is 16.1. The minimum Gasteiger partial charge on any atom is -0.465 e. The number of alkyl halides is 2. The van der Waals surface area contributed by atoms with Crippen LogP contribution in [0.15, 0.2) is 0 Å². The number of nitro groups is 1. The second-order valence-electron chi connectivity index (χ2n) is 5.70. The van der Waals surface area contributed by atoms with Gasteiger partial charge in [0.15, 0.2) is 0 Å². The van der Waals surface area contributed by atoms with Crippen molar-refractivity contribution in [3.05, 3.63) is 37.5 Å². The average molecular weight is 431 g/mol. The van der Waals surface area contributed by atoms with Crippen molar-refractivity contribution in [2.45, 2.75) is 26.8 Å². The van der Waals surface area contributed by atoms with Crippen molar-refractivity contribution in [1.82, 2.24) is 9.78 Å². The summed E-state index contributed by atoms with van der Waals surface area (Å²) in [7, 11) is 1.10. The normalized spacial score (nSPS) is 10.8. The molecule has 2 heterocycles. The summed E-state index contributed by atoms with van der Waals surface area (Å²) in [6, 6.07) is 0. The molecule has 2 rings (SSSR count). The van der Waals surface area contributed by atoms with Crippen molar-refractivity contribution < 1.29 is 32.8 Å². The van der Waals surface area contributed by atoms with E-state index in [1.807, 2.05) is 0 Å². The van der Waals surface area contributed by atoms with Crippen LogP contribution in [0.1, 0.15) is 43.4 Å². The average Bonchev–Trinajstić information content (AvgIpc) is 3.12. The van der Waals surface area contributed by atoms with Gasteiger partial charge in [-0.2, -0.15) is 5.10 Å². The Morgan fingerprint density at radius 1 is 1.38 bits per heavy atom. The van der Waals surface area contributed by atoms with Crippen LogP contribution >= 0.6 is 11.3 Å². The molecule has 0 aliphatic heterocycles. The van der Waals surface area contributed by atoms with Crippen molar-refractivity contribution in [1.29, 1.82) is 0 Å². The second-order valence-corrected chi connectivity index (χ2v) is 6.72. The molecule has 11 nitrogen and oxygen atoms in total. The van der Waals surface area contributed by atoms with Gasteiger partial charge in [-0.25, -0.2) is 13.6 Å². The summed E-state index contributed by atoms with van der Waals surface area (Å²) in [5.41, 5.74) is 3.18. The number of aromatic nitrogens is 2. The number of methoxy groups -OCH3 is 1. The summed E-state index contributed by atoms with van der Waals surface area (Å²) >= 11 is 0.734. The molecule has 156 valence electrons. The molecule has 0 radical (unpaired) electrons. The van der Waals surface area contributed by atoms with Gasteiger partial charge in [0.1, 0.15) is 17.2 Å². The van der Waals surface area contributed by atoms with E-state index in [0.717, 1.165) is 23.1 Å². The summed E-state index contributed by atoms with van der Waals surface area (Å²) in [5, 5.41) is 16.8. The summed E-state index contributed by atoms with van der Waals surface area (Å²) < 4.78 is 31.4. The topological polar surface area (TPSA) is 159 Å². The first-order valence-electron chi connectivity index (χ1n) is 7.80. The lowest BCUT2D eigenvalue weighted by Gasteiger charge is -2.07. The second kappa shape index (κ2) is 8.30. The van der Waals surface area contributed by atoms with Crippen LogP contribution in [0, 0.1) is 24.0 Å². The van der Waals surface area contributed by atoms with Crippen molar-refractivity contribution in [3.63, 3.8) is 0 Å². The van der Waals surface area contributed by atoms with Crippen LogP contribution in [0.4, 0.5) is 19.5 Å². The van der Waals surface area contributed by atoms with Crippen LogP contribution in [0.5, 0.6) is 0 Å². The van der Waals surface area contributed by atoms with Gasteiger partial charge >= 0.3 is 11.7 Å². The molecule has 29 heavy (non-hydrogen) atoms. The maximum absolute atomic E-state index is 13.0. The Bertz CT molecular complexity index is 1020. The van der Waals surface area contributed by atoms with E-state index in [4.69, 9.17) is 5.73 Å². The van der Waals surface area contributed by atoms with Gasteiger partial charge in [-0.1, -0.05) is 0 Å². The molecule has 0 saturated carbocycles. The molecule has 14 heteroatoms. The highest BCUT2D eigenvalue weighted by Crippen LogP contribution is 2.34. The summed E-state index contributed by atoms with van der Waals surface area (Å²) in [6.45, 7) is 1.96. The quantitative estimate of drug-likeness (QED) is 0.385. The molecule has 0 bridgehead atoms. The lowest BCUT2D eigenvalue weighted by Crippen LogP contribution is -2.21. The Balaban J connectivity index is 2.36. The number of amides is 2. The number of halogens is 2. The number of ether oxygens (including phenoxy) is 1. The minimum absolute atomic E-state index is 0.0200. The monoisotopic (exact) mass is 431 g/mol. The molecule has 2 aromatic heterocycles.